The smallest absolute Gasteiger partial charge is 1.00 e. The Bertz CT molecular complexity index is 5660. The molecule has 0 fully saturated rings. The Labute approximate surface area is 620 Å². The summed E-state index contributed by atoms with van der Waals surface area (Å²) >= 11 is 0. The number of aryl methyl sites for hydroxylation is 5. The van der Waals surface area contributed by atoms with Crippen LogP contribution >= 0.6 is 0 Å². The molecule has 32 heteroatoms. The minimum absolute atomic E-state index is 0. The number of aldehydes is 1. The van der Waals surface area contributed by atoms with Gasteiger partial charge in [-0.1, -0.05) is 24.3 Å². The monoisotopic (exact) mass is 1520 g/mol. The van der Waals surface area contributed by atoms with Crippen LogP contribution in [0.4, 0.5) is 39.5 Å². The van der Waals surface area contributed by atoms with Crippen molar-refractivity contribution in [2.75, 3.05) is 7.05 Å². The van der Waals surface area contributed by atoms with Gasteiger partial charge >= 0.3 is 35.6 Å². The molecule has 7 aliphatic heterocycles. The Morgan fingerprint density at radius 2 is 1.00 bits per heavy atom. The predicted molar refractivity (Wildman–Crippen MR) is 382 cm³/mol. The number of nitrogens with zero attached hydrogens (tertiary/aromatic N) is 16. The van der Waals surface area contributed by atoms with Crippen molar-refractivity contribution >= 4 is 80.9 Å². The van der Waals surface area contributed by atoms with E-state index in [1.54, 1.807) is 113 Å². The fourth-order valence-electron chi connectivity index (χ4n) is 12.6. The van der Waals surface area contributed by atoms with E-state index in [4.69, 9.17) is 20.0 Å². The fraction of sp³-hybridized carbons (Fsp3) is 0.147. The number of carbonyl (C=O) groups is 1. The number of aliphatic imine (C=N–C) groups is 3. The molecule has 0 spiro atoms. The van der Waals surface area contributed by atoms with Crippen molar-refractivity contribution in [1.82, 2.24) is 83.3 Å². The average Bonchev–Trinajstić information content (AvgIpc) is 1.63. The molecule has 16 bridgehead atoms. The van der Waals surface area contributed by atoms with Crippen LogP contribution in [0.2, 0.25) is 0 Å². The molecule has 10 aromatic heterocycles. The van der Waals surface area contributed by atoms with E-state index >= 15 is 0 Å². The zero-order valence-electron chi connectivity index (χ0n) is 57.4. The minimum Gasteiger partial charge on any atom is -1.00 e. The Hall–Kier alpha value is -12.3. The average molecular weight is 1520 g/mol. The molecule has 17 heterocycles. The number of carbonyl (C=O) groups excluding carboxylic acids is 1. The summed E-state index contributed by atoms with van der Waals surface area (Å²) in [5.41, 5.74) is 8.13. The van der Waals surface area contributed by atoms with Crippen molar-refractivity contribution in [3.05, 3.63) is 274 Å². The maximum Gasteiger partial charge on any atom is 3.00 e. The van der Waals surface area contributed by atoms with Crippen LogP contribution in [-0.2, 0) is 51.4 Å². The molecule has 4 N–H and O–H groups in total. The van der Waals surface area contributed by atoms with Gasteiger partial charge in [-0.15, -0.1) is 22.1 Å². The normalized spacial score (nSPS) is 15.6. The van der Waals surface area contributed by atoms with Crippen molar-refractivity contribution in [1.29, 1.82) is 0 Å². The maximum atomic E-state index is 14.7. The molecular formula is C75H59ClF9MnN20O. The largest absolute Gasteiger partial charge is 3.00 e. The standard InChI is InChI=1S/C30H23F3N8.C30H21F3N8.C10H9F3N2.C5H6N2O.ClH.Mn/c2*1-16-17-4-6-19(36-17)25(28-34-12-14-40(28)2)21-8-10-23(38-21)27(30(31,32)33)24-11-9-22(39-24)26(20-7-5-18(16)37-20)29-35-13-15-41(29)3;11-10(12,13)9(7-3-1-5-14-7)8-4-2-6-15-8;1-7-3-2-6-5(7)4-8;;/h4-15,34,39H,1-3H3;4-15H,1-3H3;1-6,9,14-15H;2-4H,1H3;1H;/q;-2;;;;+3/p-1. The number of imidazole rings is 4. The van der Waals surface area contributed by atoms with Crippen LogP contribution in [0.25, 0.3) is 80.3 Å². The Balaban J connectivity index is 0.000000152. The Morgan fingerprint density at radius 3 is 1.51 bits per heavy atom. The first kappa shape index (κ1) is 74.4. The summed E-state index contributed by atoms with van der Waals surface area (Å²) in [4.78, 5) is 70.1. The van der Waals surface area contributed by atoms with Crippen molar-refractivity contribution in [2.45, 2.75) is 38.3 Å². The number of halogens is 10. The molecule has 0 atom stereocenters. The maximum absolute atomic E-state index is 14.7. The van der Waals surface area contributed by atoms with E-state index in [0.29, 0.717) is 119 Å². The van der Waals surface area contributed by atoms with Crippen LogP contribution in [0.3, 0.4) is 0 Å². The molecule has 0 radical (unpaired) electrons. The zero-order chi connectivity index (χ0) is 73.8. The number of rotatable bonds is 6. The van der Waals surface area contributed by atoms with Crippen molar-refractivity contribution in [2.24, 2.45) is 43.2 Å². The molecule has 0 amide bonds. The van der Waals surface area contributed by atoms with Crippen LogP contribution in [0.5, 0.6) is 0 Å². The summed E-state index contributed by atoms with van der Waals surface area (Å²) in [7, 11) is 9.08. The number of H-pyrrole nitrogens is 3. The minimum atomic E-state index is -4.72. The second kappa shape index (κ2) is 29.7. The van der Waals surface area contributed by atoms with E-state index in [9.17, 15) is 44.3 Å². The molecule has 7 aliphatic rings. The van der Waals surface area contributed by atoms with Gasteiger partial charge in [0.2, 0.25) is 0 Å². The summed E-state index contributed by atoms with van der Waals surface area (Å²) in [5.74, 6) is 1.15. The second-order valence-electron chi connectivity index (χ2n) is 24.5. The van der Waals surface area contributed by atoms with E-state index in [1.807, 2.05) is 106 Å². The molecular weight excluding hydrogens is 1460 g/mol. The van der Waals surface area contributed by atoms with E-state index in [-0.39, 0.29) is 63.5 Å². The van der Waals surface area contributed by atoms with Gasteiger partial charge in [-0.25, -0.2) is 44.9 Å². The van der Waals surface area contributed by atoms with Gasteiger partial charge in [0.15, 0.2) is 12.1 Å². The number of aromatic nitrogens is 15. The van der Waals surface area contributed by atoms with Crippen molar-refractivity contribution in [3.8, 4) is 22.8 Å². The number of hydrogen-bond acceptors (Lipinski definition) is 12. The first-order chi connectivity index (χ1) is 50.3. The van der Waals surface area contributed by atoms with Gasteiger partial charge in [-0.2, -0.15) is 39.5 Å². The third-order valence-corrected chi connectivity index (χ3v) is 17.8. The third-order valence-electron chi connectivity index (χ3n) is 17.8. The van der Waals surface area contributed by atoms with Gasteiger partial charge < -0.3 is 65.8 Å². The molecule has 0 aromatic carbocycles. The van der Waals surface area contributed by atoms with Crippen LogP contribution < -0.4 is 27.7 Å². The van der Waals surface area contributed by atoms with Crippen LogP contribution in [0, 0.1) is 6.92 Å². The molecule has 21 nitrogen and oxygen atoms in total. The summed E-state index contributed by atoms with van der Waals surface area (Å²) in [6.07, 6.45) is 24.2. The van der Waals surface area contributed by atoms with E-state index in [0.717, 1.165) is 17.4 Å². The number of allylic oxidation sites excluding steroid dienone is 9. The molecule has 0 aliphatic carbocycles. The van der Waals surface area contributed by atoms with E-state index < -0.39 is 35.6 Å². The third kappa shape index (κ3) is 14.7. The van der Waals surface area contributed by atoms with E-state index in [2.05, 4.69) is 55.2 Å². The van der Waals surface area contributed by atoms with Gasteiger partial charge in [-0.3, -0.25) is 4.79 Å². The Kier molecular flexibility index (Phi) is 20.6. The predicted octanol–water partition coefficient (Wildman–Crippen LogP) is 11.6. The number of alkyl halides is 9. The summed E-state index contributed by atoms with van der Waals surface area (Å²) in [5, 5.41) is 3.18. The van der Waals surface area contributed by atoms with Crippen LogP contribution in [-0.4, -0.2) is 111 Å². The van der Waals surface area contributed by atoms with Gasteiger partial charge in [0.05, 0.1) is 85.1 Å². The summed E-state index contributed by atoms with van der Waals surface area (Å²) in [6, 6.07) is 15.6. The summed E-state index contributed by atoms with van der Waals surface area (Å²) < 4.78 is 133. The Morgan fingerprint density at radius 1 is 0.505 bits per heavy atom. The van der Waals surface area contributed by atoms with Crippen molar-refractivity contribution < 1.29 is 73.8 Å². The van der Waals surface area contributed by atoms with Gasteiger partial charge in [0, 0.05) is 138 Å². The van der Waals surface area contributed by atoms with Crippen LogP contribution in [0.1, 0.15) is 86.0 Å². The van der Waals surface area contributed by atoms with E-state index in [1.165, 1.54) is 48.8 Å². The number of nitrogens with one attached hydrogen (secondary N) is 4. The van der Waals surface area contributed by atoms with Gasteiger partial charge in [0.25, 0.3) is 0 Å². The van der Waals surface area contributed by atoms with Crippen LogP contribution in [0.15, 0.2) is 221 Å². The molecule has 542 valence electrons. The molecule has 0 saturated carbocycles. The molecule has 17 rings (SSSR count). The quantitative estimate of drug-likeness (QED) is 0.0693. The van der Waals surface area contributed by atoms with Gasteiger partial charge in [0.1, 0.15) is 34.8 Å². The first-order valence-electron chi connectivity index (χ1n) is 32.3. The molecule has 0 unspecified atom stereocenters. The second-order valence-corrected chi connectivity index (χ2v) is 24.5. The molecule has 10 aromatic rings. The SMILES string of the molecule is CC1=C2C=CC(=N2)C(=C2NC=CN2C)C2=NC(=C(C(F)(F)F)c3ccc([nH]3)C(c3nccn3C)=C3C=CC1=N3)C=C2.Cc1c2nc(c(-c3nccn3C)c3ccc([n-]3)c(C(F)(F)F)c3nc(c(-c4nccn4C)c4ccc1[n-]4)C=C3)C=C2.Cn1ccnc1C=O.FC(F)(F)C(c1ccc[nH]1)c1ccc[nH]1.[Cl-].[Mn+3]. The molecule has 107 heavy (non-hydrogen) atoms. The summed E-state index contributed by atoms with van der Waals surface area (Å²) in [6.45, 7) is 3.89. The fourth-order valence-corrected chi connectivity index (χ4v) is 12.6. The number of aromatic amines is 3. The first-order valence-corrected chi connectivity index (χ1v) is 32.3. The molecule has 0 saturated heterocycles. The number of hydrogen-bond donors (Lipinski definition) is 4. The van der Waals surface area contributed by atoms with Gasteiger partial charge in [-0.05, 0) is 117 Å². The number of fused-ring (bicyclic) bond motifs is 13. The topological polar surface area (TPSA) is 242 Å². The zero-order valence-corrected chi connectivity index (χ0v) is 59.3. The van der Waals surface area contributed by atoms with Crippen molar-refractivity contribution in [3.63, 3.8) is 0 Å².